The second-order valence-corrected chi connectivity index (χ2v) is 10.3. The van der Waals surface area contributed by atoms with Gasteiger partial charge in [0.2, 0.25) is 0 Å². The highest BCUT2D eigenvalue weighted by molar-refractivity contribution is 5.79. The Morgan fingerprint density at radius 3 is 2.86 bits per heavy atom. The molecule has 0 bridgehead atoms. The predicted molar refractivity (Wildman–Crippen MR) is 142 cm³/mol. The number of anilines is 1. The smallest absolute Gasteiger partial charge is 0.159 e. The Labute approximate surface area is 210 Å². The Bertz CT molecular complexity index is 1490. The molecule has 1 saturated heterocycles. The largest absolute Gasteiger partial charge is 0.384 e. The predicted octanol–water partition coefficient (Wildman–Crippen LogP) is 5.85. The zero-order valence-corrected chi connectivity index (χ0v) is 20.5. The normalized spacial score (nSPS) is 20.0. The van der Waals surface area contributed by atoms with Gasteiger partial charge in [0.25, 0.3) is 0 Å². The fourth-order valence-corrected chi connectivity index (χ4v) is 6.03. The summed E-state index contributed by atoms with van der Waals surface area (Å²) in [6.45, 7) is 6.73. The Morgan fingerprint density at radius 2 is 1.97 bits per heavy atom. The average Bonchev–Trinajstić information content (AvgIpc) is 3.50. The van der Waals surface area contributed by atoms with Crippen molar-refractivity contribution >= 4 is 22.3 Å². The van der Waals surface area contributed by atoms with E-state index in [1.54, 1.807) is 0 Å². The summed E-state index contributed by atoms with van der Waals surface area (Å²) in [6.07, 6.45) is 6.79. The molecule has 7 heteroatoms. The number of fused-ring (bicyclic) bond motifs is 4. The number of nitrogens with zero attached hydrogens (tertiary/aromatic N) is 6. The van der Waals surface area contributed by atoms with Crippen LogP contribution in [0.15, 0.2) is 71.2 Å². The summed E-state index contributed by atoms with van der Waals surface area (Å²) < 4.78 is 0. The van der Waals surface area contributed by atoms with Crippen LogP contribution in [0.3, 0.4) is 0 Å². The Morgan fingerprint density at radius 1 is 1.06 bits per heavy atom. The maximum Gasteiger partial charge on any atom is 0.159 e. The van der Waals surface area contributed by atoms with Gasteiger partial charge in [-0.2, -0.15) is 10.2 Å². The van der Waals surface area contributed by atoms with Crippen molar-refractivity contribution in [2.24, 2.45) is 10.2 Å². The van der Waals surface area contributed by atoms with Crippen LogP contribution in [-0.4, -0.2) is 46.0 Å². The van der Waals surface area contributed by atoms with Crippen molar-refractivity contribution in [2.45, 2.75) is 37.6 Å². The van der Waals surface area contributed by atoms with E-state index >= 15 is 0 Å². The SMILES string of the molecule is CCN1CCC2(CC1)CNc1ccc(-c3ncc4c(n3)C(Cc3ccc5ncccc5c3)N=N4)cc12. The summed E-state index contributed by atoms with van der Waals surface area (Å²) in [4.78, 5) is 16.7. The van der Waals surface area contributed by atoms with Gasteiger partial charge >= 0.3 is 0 Å². The van der Waals surface area contributed by atoms with Crippen LogP contribution in [0.2, 0.25) is 0 Å². The minimum atomic E-state index is -0.100. The summed E-state index contributed by atoms with van der Waals surface area (Å²) in [6, 6.07) is 17.0. The van der Waals surface area contributed by atoms with Gasteiger partial charge in [0.15, 0.2) is 5.82 Å². The molecule has 2 aromatic carbocycles. The van der Waals surface area contributed by atoms with Crippen LogP contribution in [0.25, 0.3) is 22.3 Å². The number of likely N-dealkylation sites (tertiary alicyclic amines) is 1. The quantitative estimate of drug-likeness (QED) is 0.400. The van der Waals surface area contributed by atoms with Gasteiger partial charge in [0.1, 0.15) is 11.7 Å². The van der Waals surface area contributed by atoms with Crippen LogP contribution in [0, 0.1) is 0 Å². The molecule has 36 heavy (non-hydrogen) atoms. The molecule has 3 aliphatic heterocycles. The Kier molecular flexibility index (Phi) is 5.06. The van der Waals surface area contributed by atoms with E-state index in [1.807, 2.05) is 18.5 Å². The second kappa shape index (κ2) is 8.45. The van der Waals surface area contributed by atoms with E-state index in [0.29, 0.717) is 0 Å². The monoisotopic (exact) mass is 475 g/mol. The van der Waals surface area contributed by atoms with Gasteiger partial charge in [0, 0.05) is 41.2 Å². The highest BCUT2D eigenvalue weighted by Crippen LogP contribution is 2.45. The molecule has 3 aliphatic rings. The van der Waals surface area contributed by atoms with Gasteiger partial charge in [-0.1, -0.05) is 19.1 Å². The molecule has 0 saturated carbocycles. The van der Waals surface area contributed by atoms with E-state index in [4.69, 9.17) is 4.98 Å². The van der Waals surface area contributed by atoms with E-state index in [9.17, 15) is 0 Å². The maximum atomic E-state index is 5.01. The molecule has 4 aromatic rings. The van der Waals surface area contributed by atoms with Crippen LogP contribution in [0.5, 0.6) is 0 Å². The van der Waals surface area contributed by atoms with Gasteiger partial charge in [-0.05, 0) is 80.0 Å². The number of hydrogen-bond acceptors (Lipinski definition) is 7. The van der Waals surface area contributed by atoms with Crippen molar-refractivity contribution in [1.82, 2.24) is 19.9 Å². The van der Waals surface area contributed by atoms with Crippen LogP contribution >= 0.6 is 0 Å². The molecule has 0 radical (unpaired) electrons. The maximum absolute atomic E-state index is 5.01. The molecule has 0 amide bonds. The lowest BCUT2D eigenvalue weighted by molar-refractivity contribution is 0.176. The van der Waals surface area contributed by atoms with Crippen LogP contribution in [0.4, 0.5) is 11.4 Å². The van der Waals surface area contributed by atoms with Crippen molar-refractivity contribution < 1.29 is 0 Å². The van der Waals surface area contributed by atoms with Gasteiger partial charge in [-0.25, -0.2) is 9.97 Å². The van der Waals surface area contributed by atoms with Gasteiger partial charge in [-0.3, -0.25) is 4.98 Å². The number of aromatic nitrogens is 3. The molecule has 5 heterocycles. The summed E-state index contributed by atoms with van der Waals surface area (Å²) in [5, 5.41) is 13.7. The number of rotatable bonds is 4. The fraction of sp³-hybridized carbons (Fsp3) is 0.345. The lowest BCUT2D eigenvalue weighted by Gasteiger charge is -2.39. The van der Waals surface area contributed by atoms with Gasteiger partial charge in [0.05, 0.1) is 17.4 Å². The molecule has 2 aromatic heterocycles. The first-order chi connectivity index (χ1) is 17.7. The molecule has 1 N–H and O–H groups in total. The topological polar surface area (TPSA) is 78.7 Å². The molecule has 0 aliphatic carbocycles. The molecule has 7 nitrogen and oxygen atoms in total. The van der Waals surface area contributed by atoms with Gasteiger partial charge < -0.3 is 10.2 Å². The standard InChI is InChI=1S/C29H29N7/c1-2-36-12-9-29(10-13-36)18-32-24-8-6-21(16-22(24)29)28-31-17-26-27(33-28)25(34-35-26)15-19-5-7-23-20(14-19)4-3-11-30-23/h3-8,11,14,16-17,25,32H,2,9-10,12-13,15,18H2,1H3. The minimum absolute atomic E-state index is 0.100. The first kappa shape index (κ1) is 21.6. The highest BCUT2D eigenvalue weighted by Gasteiger charge is 2.41. The molecular formula is C29H29N7. The molecule has 180 valence electrons. The summed E-state index contributed by atoms with van der Waals surface area (Å²) in [5.41, 5.74) is 7.87. The number of hydrogen-bond donors (Lipinski definition) is 1. The summed E-state index contributed by atoms with van der Waals surface area (Å²) in [7, 11) is 0. The van der Waals surface area contributed by atoms with Crippen LogP contribution < -0.4 is 5.32 Å². The third-order valence-corrected chi connectivity index (χ3v) is 8.24. The Balaban J connectivity index is 1.18. The van der Waals surface area contributed by atoms with Crippen molar-refractivity contribution in [1.29, 1.82) is 0 Å². The molecular weight excluding hydrogens is 446 g/mol. The third-order valence-electron chi connectivity index (χ3n) is 8.24. The number of nitrogens with one attached hydrogen (secondary N) is 1. The summed E-state index contributed by atoms with van der Waals surface area (Å²) >= 11 is 0. The van der Waals surface area contributed by atoms with E-state index < -0.39 is 0 Å². The van der Waals surface area contributed by atoms with E-state index in [1.165, 1.54) is 29.7 Å². The first-order valence-corrected chi connectivity index (χ1v) is 12.9. The number of pyridine rings is 1. The van der Waals surface area contributed by atoms with Crippen LogP contribution in [0.1, 0.15) is 42.6 Å². The second-order valence-electron chi connectivity index (χ2n) is 10.3. The van der Waals surface area contributed by atoms with Crippen LogP contribution in [-0.2, 0) is 11.8 Å². The number of piperidine rings is 1. The molecule has 1 unspecified atom stereocenters. The zero-order valence-electron chi connectivity index (χ0n) is 20.5. The Hall–Kier alpha value is -3.71. The number of benzene rings is 2. The van der Waals surface area contributed by atoms with Gasteiger partial charge in [-0.15, -0.1) is 0 Å². The lowest BCUT2D eigenvalue weighted by Crippen LogP contribution is -2.43. The first-order valence-electron chi connectivity index (χ1n) is 12.9. The molecule has 1 atom stereocenters. The van der Waals surface area contributed by atoms with E-state index in [2.05, 4.69) is 79.8 Å². The zero-order chi connectivity index (χ0) is 24.1. The fourth-order valence-electron chi connectivity index (χ4n) is 6.03. The third kappa shape index (κ3) is 3.57. The minimum Gasteiger partial charge on any atom is -0.384 e. The molecule has 1 fully saturated rings. The van der Waals surface area contributed by atoms with Crippen molar-refractivity contribution in [3.05, 3.63) is 77.7 Å². The van der Waals surface area contributed by atoms with Crippen molar-refractivity contribution in [2.75, 3.05) is 31.5 Å². The van der Waals surface area contributed by atoms with Crippen molar-refractivity contribution in [3.63, 3.8) is 0 Å². The molecule has 1 spiro atoms. The number of azo groups is 1. The lowest BCUT2D eigenvalue weighted by atomic mass is 9.74. The average molecular weight is 476 g/mol. The van der Waals surface area contributed by atoms with Crippen molar-refractivity contribution in [3.8, 4) is 11.4 Å². The van der Waals surface area contributed by atoms with E-state index in [0.717, 1.165) is 66.3 Å². The van der Waals surface area contributed by atoms with E-state index in [-0.39, 0.29) is 11.5 Å². The summed E-state index contributed by atoms with van der Waals surface area (Å²) in [5.74, 6) is 0.754. The molecule has 7 rings (SSSR count). The highest BCUT2D eigenvalue weighted by atomic mass is 15.2.